The second-order valence-electron chi connectivity index (χ2n) is 7.53. The van der Waals surface area contributed by atoms with E-state index in [1.807, 2.05) is 0 Å². The van der Waals surface area contributed by atoms with Gasteiger partial charge in [0.25, 0.3) is 0 Å². The van der Waals surface area contributed by atoms with Gasteiger partial charge in [0.2, 0.25) is 5.82 Å². The predicted octanol–water partition coefficient (Wildman–Crippen LogP) is 4.77. The molecule has 0 aromatic carbocycles. The Hall–Kier alpha value is -1.17. The van der Waals surface area contributed by atoms with Gasteiger partial charge in [-0.3, -0.25) is 10.1 Å². The number of rotatable bonds is 3. The van der Waals surface area contributed by atoms with E-state index in [0.717, 1.165) is 19.3 Å². The molecular weight excluding hydrogens is 334 g/mol. The van der Waals surface area contributed by atoms with Crippen LogP contribution in [-0.2, 0) is 0 Å². The third kappa shape index (κ3) is 4.15. The summed E-state index contributed by atoms with van der Waals surface area (Å²) in [6.45, 7) is 9.02. The first kappa shape index (κ1) is 16.2. The Balaban J connectivity index is 2.24. The molecule has 1 fully saturated rings. The first-order valence-corrected chi connectivity index (χ1v) is 7.94. The topological polar surface area (TPSA) is 68.1 Å². The van der Waals surface area contributed by atoms with Gasteiger partial charge >= 0.3 is 5.69 Å². The molecule has 0 aliphatic heterocycles. The Morgan fingerprint density at radius 3 is 2.43 bits per heavy atom. The monoisotopic (exact) mass is 355 g/mol. The van der Waals surface area contributed by atoms with E-state index in [0.29, 0.717) is 10.3 Å². The lowest BCUT2D eigenvalue weighted by Gasteiger charge is -2.45. The zero-order valence-corrected chi connectivity index (χ0v) is 14.5. The SMILES string of the molecule is CC1(C)CC(Nc2ncc(Br)cc2[N+](=O)[O-])CC(C)(C)C1. The number of pyridine rings is 1. The van der Waals surface area contributed by atoms with E-state index in [9.17, 15) is 10.1 Å². The second kappa shape index (κ2) is 5.55. The van der Waals surface area contributed by atoms with Crippen LogP contribution in [0.15, 0.2) is 16.7 Å². The molecule has 1 aliphatic carbocycles. The first-order valence-electron chi connectivity index (χ1n) is 7.14. The van der Waals surface area contributed by atoms with Crippen molar-refractivity contribution in [1.29, 1.82) is 0 Å². The van der Waals surface area contributed by atoms with Crippen LogP contribution in [0.3, 0.4) is 0 Å². The molecule has 1 aromatic heterocycles. The number of anilines is 1. The third-order valence-electron chi connectivity index (χ3n) is 3.93. The van der Waals surface area contributed by atoms with Gasteiger partial charge in [-0.1, -0.05) is 27.7 Å². The van der Waals surface area contributed by atoms with Crippen LogP contribution in [0.25, 0.3) is 0 Å². The van der Waals surface area contributed by atoms with E-state index in [4.69, 9.17) is 0 Å². The van der Waals surface area contributed by atoms with Crippen molar-refractivity contribution in [2.75, 3.05) is 5.32 Å². The van der Waals surface area contributed by atoms with Gasteiger partial charge in [-0.2, -0.15) is 0 Å². The van der Waals surface area contributed by atoms with Crippen LogP contribution in [0.5, 0.6) is 0 Å². The van der Waals surface area contributed by atoms with Gasteiger partial charge in [0.1, 0.15) is 0 Å². The van der Waals surface area contributed by atoms with Gasteiger partial charge in [0.05, 0.1) is 4.92 Å². The number of aromatic nitrogens is 1. The summed E-state index contributed by atoms with van der Waals surface area (Å²) >= 11 is 3.23. The molecule has 0 bridgehead atoms. The van der Waals surface area contributed by atoms with Crippen molar-refractivity contribution in [3.05, 3.63) is 26.9 Å². The van der Waals surface area contributed by atoms with Crippen LogP contribution in [0.2, 0.25) is 0 Å². The maximum absolute atomic E-state index is 11.2. The Labute approximate surface area is 133 Å². The molecule has 21 heavy (non-hydrogen) atoms. The lowest BCUT2D eigenvalue weighted by atomic mass is 9.63. The molecule has 0 amide bonds. The summed E-state index contributed by atoms with van der Waals surface area (Å²) in [6, 6.07) is 1.70. The fourth-order valence-corrected chi connectivity index (χ4v) is 4.14. The van der Waals surface area contributed by atoms with Crippen molar-refractivity contribution in [2.45, 2.75) is 53.0 Å². The Morgan fingerprint density at radius 1 is 1.33 bits per heavy atom. The molecule has 1 aliphatic rings. The average Bonchev–Trinajstić information content (AvgIpc) is 2.27. The zero-order chi connectivity index (χ0) is 15.8. The average molecular weight is 356 g/mol. The zero-order valence-electron chi connectivity index (χ0n) is 12.9. The summed E-state index contributed by atoms with van der Waals surface area (Å²) in [4.78, 5) is 15.0. The number of nitrogens with zero attached hydrogens (tertiary/aromatic N) is 2. The molecular formula is C15H22BrN3O2. The molecule has 1 N–H and O–H groups in total. The van der Waals surface area contributed by atoms with E-state index in [1.54, 1.807) is 6.20 Å². The molecule has 1 aromatic rings. The Kier molecular flexibility index (Phi) is 4.29. The van der Waals surface area contributed by atoms with Gasteiger partial charge in [-0.05, 0) is 46.0 Å². The summed E-state index contributed by atoms with van der Waals surface area (Å²) < 4.78 is 0.615. The lowest BCUT2D eigenvalue weighted by Crippen LogP contribution is -2.40. The molecule has 2 rings (SSSR count). The molecule has 0 unspecified atom stereocenters. The van der Waals surface area contributed by atoms with Crippen molar-refractivity contribution < 1.29 is 4.92 Å². The van der Waals surface area contributed by atoms with Crippen LogP contribution >= 0.6 is 15.9 Å². The Bertz CT molecular complexity index is 542. The van der Waals surface area contributed by atoms with Crippen molar-refractivity contribution in [2.24, 2.45) is 10.8 Å². The summed E-state index contributed by atoms with van der Waals surface area (Å²) in [6.07, 6.45) is 4.74. The van der Waals surface area contributed by atoms with Crippen molar-refractivity contribution >= 4 is 27.4 Å². The molecule has 1 saturated carbocycles. The molecule has 0 radical (unpaired) electrons. The van der Waals surface area contributed by atoms with Gasteiger partial charge in [-0.25, -0.2) is 4.98 Å². The van der Waals surface area contributed by atoms with Crippen LogP contribution < -0.4 is 5.32 Å². The number of halogens is 1. The fraction of sp³-hybridized carbons (Fsp3) is 0.667. The van der Waals surface area contributed by atoms with E-state index in [-0.39, 0.29) is 27.5 Å². The molecule has 1 heterocycles. The highest BCUT2D eigenvalue weighted by Gasteiger charge is 2.39. The predicted molar refractivity (Wildman–Crippen MR) is 87.4 cm³/mol. The largest absolute Gasteiger partial charge is 0.362 e. The summed E-state index contributed by atoms with van der Waals surface area (Å²) in [5.74, 6) is 0.363. The minimum absolute atomic E-state index is 0.0190. The highest BCUT2D eigenvalue weighted by Crippen LogP contribution is 2.46. The smallest absolute Gasteiger partial charge is 0.312 e. The molecule has 6 heteroatoms. The van der Waals surface area contributed by atoms with Crippen molar-refractivity contribution in [3.63, 3.8) is 0 Å². The molecule has 0 spiro atoms. The number of nitrogens with one attached hydrogen (secondary N) is 1. The van der Waals surface area contributed by atoms with E-state index >= 15 is 0 Å². The minimum Gasteiger partial charge on any atom is -0.362 e. The van der Waals surface area contributed by atoms with Crippen molar-refractivity contribution in [3.8, 4) is 0 Å². The van der Waals surface area contributed by atoms with Crippen LogP contribution in [0.1, 0.15) is 47.0 Å². The normalized spacial score (nSPS) is 21.0. The summed E-state index contributed by atoms with van der Waals surface area (Å²) in [7, 11) is 0. The van der Waals surface area contributed by atoms with Crippen LogP contribution in [0.4, 0.5) is 11.5 Å². The fourth-order valence-electron chi connectivity index (χ4n) is 3.82. The van der Waals surface area contributed by atoms with E-state index in [1.165, 1.54) is 6.07 Å². The summed E-state index contributed by atoms with van der Waals surface area (Å²) in [5.41, 5.74) is 0.471. The standard InChI is InChI=1S/C15H22BrN3O2/c1-14(2)6-11(7-15(3,4)9-14)18-13-12(19(20)21)5-10(16)8-17-13/h5,8,11H,6-7,9H2,1-4H3,(H,17,18). The lowest BCUT2D eigenvalue weighted by molar-refractivity contribution is -0.384. The van der Waals surface area contributed by atoms with Crippen LogP contribution in [0, 0.1) is 20.9 Å². The molecule has 5 nitrogen and oxygen atoms in total. The number of nitro groups is 1. The van der Waals surface area contributed by atoms with E-state index in [2.05, 4.69) is 53.9 Å². The molecule has 0 atom stereocenters. The van der Waals surface area contributed by atoms with Gasteiger partial charge in [0, 0.05) is 22.8 Å². The highest BCUT2D eigenvalue weighted by atomic mass is 79.9. The van der Waals surface area contributed by atoms with Gasteiger partial charge in [-0.15, -0.1) is 0 Å². The second-order valence-corrected chi connectivity index (χ2v) is 8.45. The summed E-state index contributed by atoms with van der Waals surface area (Å²) in [5, 5.41) is 14.5. The maximum Gasteiger partial charge on any atom is 0.312 e. The molecule has 0 saturated heterocycles. The van der Waals surface area contributed by atoms with Gasteiger partial charge in [0.15, 0.2) is 0 Å². The Morgan fingerprint density at radius 2 is 1.90 bits per heavy atom. The van der Waals surface area contributed by atoms with Crippen LogP contribution in [-0.4, -0.2) is 15.9 Å². The number of hydrogen-bond donors (Lipinski definition) is 1. The number of hydrogen-bond acceptors (Lipinski definition) is 4. The highest BCUT2D eigenvalue weighted by molar-refractivity contribution is 9.10. The van der Waals surface area contributed by atoms with Gasteiger partial charge < -0.3 is 5.32 Å². The quantitative estimate of drug-likeness (QED) is 0.626. The third-order valence-corrected chi connectivity index (χ3v) is 4.36. The molecule has 116 valence electrons. The first-order chi connectivity index (χ1) is 9.58. The van der Waals surface area contributed by atoms with Crippen molar-refractivity contribution in [1.82, 2.24) is 4.98 Å². The minimum atomic E-state index is -0.390. The maximum atomic E-state index is 11.2. The van der Waals surface area contributed by atoms with E-state index < -0.39 is 0 Å².